The molecule has 2 heterocycles. The smallest absolute Gasteiger partial charge is 0.266 e. The maximum Gasteiger partial charge on any atom is 0.292 e. The van der Waals surface area contributed by atoms with Crippen LogP contribution in [0.25, 0.3) is 11.0 Å². The van der Waals surface area contributed by atoms with Crippen molar-refractivity contribution in [2.24, 2.45) is 0 Å². The van der Waals surface area contributed by atoms with Gasteiger partial charge in [0, 0.05) is 0 Å². The summed E-state index contributed by atoms with van der Waals surface area (Å²) >= 11 is 1.16. The van der Waals surface area contributed by atoms with E-state index < -0.39 is 5.56 Å². The molecule has 0 aliphatic rings. The summed E-state index contributed by atoms with van der Waals surface area (Å²) < 4.78 is 1.67. The second-order valence-electron chi connectivity index (χ2n) is 5.03. The Hall–Kier alpha value is -2.34. The van der Waals surface area contributed by atoms with Crippen molar-refractivity contribution >= 4 is 22.4 Å². The van der Waals surface area contributed by atoms with Crippen molar-refractivity contribution in [2.45, 2.75) is 19.8 Å². The van der Waals surface area contributed by atoms with E-state index in [1.54, 1.807) is 6.08 Å². The van der Waals surface area contributed by atoms with Crippen molar-refractivity contribution in [1.29, 1.82) is 0 Å². The van der Waals surface area contributed by atoms with Crippen molar-refractivity contribution in [3.8, 4) is 0 Å². The van der Waals surface area contributed by atoms with Gasteiger partial charge in [-0.1, -0.05) is 49.4 Å². The highest BCUT2D eigenvalue weighted by Gasteiger charge is 2.05. The van der Waals surface area contributed by atoms with Gasteiger partial charge in [0.05, 0.1) is 4.53 Å². The van der Waals surface area contributed by atoms with Crippen LogP contribution in [0.1, 0.15) is 30.9 Å². The minimum Gasteiger partial charge on any atom is -0.266 e. The Labute approximate surface area is 124 Å². The SMILES string of the molecule is CC(C)c1ccc(C=c2sc3nc(=O)cnn3c2=O)cc1. The predicted octanol–water partition coefficient (Wildman–Crippen LogP) is 1.18. The zero-order valence-electron chi connectivity index (χ0n) is 11.6. The number of hydrogen-bond donors (Lipinski definition) is 0. The second-order valence-corrected chi connectivity index (χ2v) is 6.04. The molecule has 0 atom stereocenters. The van der Waals surface area contributed by atoms with E-state index in [0.29, 0.717) is 15.4 Å². The highest BCUT2D eigenvalue weighted by atomic mass is 32.1. The van der Waals surface area contributed by atoms with Crippen LogP contribution in [-0.4, -0.2) is 14.6 Å². The number of aromatic nitrogens is 3. The van der Waals surface area contributed by atoms with Crippen LogP contribution < -0.4 is 15.7 Å². The normalized spacial score (nSPS) is 12.4. The highest BCUT2D eigenvalue weighted by Crippen LogP contribution is 2.14. The van der Waals surface area contributed by atoms with Crippen LogP contribution >= 0.6 is 11.3 Å². The van der Waals surface area contributed by atoms with Gasteiger partial charge in [-0.25, -0.2) is 0 Å². The molecule has 5 nitrogen and oxygen atoms in total. The van der Waals surface area contributed by atoms with Gasteiger partial charge in [-0.2, -0.15) is 14.6 Å². The van der Waals surface area contributed by atoms with E-state index in [-0.39, 0.29) is 5.56 Å². The molecule has 0 unspecified atom stereocenters. The summed E-state index contributed by atoms with van der Waals surface area (Å²) in [7, 11) is 0. The molecule has 0 saturated heterocycles. The third-order valence-electron chi connectivity index (χ3n) is 3.18. The largest absolute Gasteiger partial charge is 0.292 e. The predicted molar refractivity (Wildman–Crippen MR) is 82.7 cm³/mol. The molecule has 3 rings (SSSR count). The highest BCUT2D eigenvalue weighted by molar-refractivity contribution is 7.15. The molecule has 0 radical (unpaired) electrons. The van der Waals surface area contributed by atoms with E-state index in [0.717, 1.165) is 27.6 Å². The van der Waals surface area contributed by atoms with E-state index in [1.807, 2.05) is 24.3 Å². The summed E-state index contributed by atoms with van der Waals surface area (Å²) in [6.45, 7) is 4.27. The van der Waals surface area contributed by atoms with Gasteiger partial charge < -0.3 is 0 Å². The Balaban J connectivity index is 2.13. The van der Waals surface area contributed by atoms with Gasteiger partial charge in [0.25, 0.3) is 11.1 Å². The lowest BCUT2D eigenvalue weighted by Gasteiger charge is -2.04. The van der Waals surface area contributed by atoms with Crippen LogP contribution in [0.5, 0.6) is 0 Å². The molecular weight excluding hydrogens is 286 g/mol. The molecule has 0 fully saturated rings. The summed E-state index contributed by atoms with van der Waals surface area (Å²) in [5, 5.41) is 3.80. The monoisotopic (exact) mass is 299 g/mol. The Morgan fingerprint density at radius 2 is 1.90 bits per heavy atom. The minimum absolute atomic E-state index is 0.254. The molecule has 0 aliphatic heterocycles. The average molecular weight is 299 g/mol. The topological polar surface area (TPSA) is 64.3 Å². The quantitative estimate of drug-likeness (QED) is 0.713. The van der Waals surface area contributed by atoms with E-state index in [4.69, 9.17) is 0 Å². The maximum atomic E-state index is 12.2. The molecule has 6 heteroatoms. The summed E-state index contributed by atoms with van der Waals surface area (Å²) in [6, 6.07) is 8.05. The molecule has 2 aromatic heterocycles. The number of benzene rings is 1. The molecule has 1 aromatic carbocycles. The fraction of sp³-hybridized carbons (Fsp3) is 0.200. The van der Waals surface area contributed by atoms with Crippen molar-refractivity contribution in [2.75, 3.05) is 0 Å². The van der Waals surface area contributed by atoms with Crippen LogP contribution in [0, 0.1) is 0 Å². The standard InChI is InChI=1S/C15H13N3O2S/c1-9(2)11-5-3-10(4-6-11)7-12-14(20)18-15(21-12)17-13(19)8-16-18/h3-9H,1-2H3. The summed E-state index contributed by atoms with van der Waals surface area (Å²) in [6.07, 6.45) is 2.83. The van der Waals surface area contributed by atoms with Crippen molar-refractivity contribution in [3.63, 3.8) is 0 Å². The summed E-state index contributed by atoms with van der Waals surface area (Å²) in [5.41, 5.74) is 1.49. The molecular formula is C15H13N3O2S. The van der Waals surface area contributed by atoms with Gasteiger partial charge in [-0.05, 0) is 23.1 Å². The van der Waals surface area contributed by atoms with E-state index >= 15 is 0 Å². The van der Waals surface area contributed by atoms with Crippen LogP contribution in [-0.2, 0) is 0 Å². The van der Waals surface area contributed by atoms with Crippen molar-refractivity contribution < 1.29 is 0 Å². The lowest BCUT2D eigenvalue weighted by molar-refractivity contribution is 0.865. The third kappa shape index (κ3) is 2.62. The number of rotatable bonds is 2. The maximum absolute atomic E-state index is 12.2. The van der Waals surface area contributed by atoms with Gasteiger partial charge in [-0.15, -0.1) is 0 Å². The second kappa shape index (κ2) is 5.21. The van der Waals surface area contributed by atoms with Crippen LogP contribution in [0.2, 0.25) is 0 Å². The Morgan fingerprint density at radius 1 is 1.19 bits per heavy atom. The fourth-order valence-electron chi connectivity index (χ4n) is 2.00. The first-order chi connectivity index (χ1) is 10.0. The van der Waals surface area contributed by atoms with Gasteiger partial charge in [-0.3, -0.25) is 9.59 Å². The first-order valence-corrected chi connectivity index (χ1v) is 7.37. The summed E-state index contributed by atoms with van der Waals surface area (Å²) in [5.74, 6) is 0.470. The Morgan fingerprint density at radius 3 is 2.57 bits per heavy atom. The van der Waals surface area contributed by atoms with Crippen molar-refractivity contribution in [3.05, 3.63) is 66.8 Å². The first kappa shape index (κ1) is 13.6. The third-order valence-corrected chi connectivity index (χ3v) is 4.14. The van der Waals surface area contributed by atoms with Crippen molar-refractivity contribution in [1.82, 2.24) is 14.6 Å². The molecule has 0 spiro atoms. The molecule has 0 aliphatic carbocycles. The lowest BCUT2D eigenvalue weighted by Crippen LogP contribution is -2.25. The number of fused-ring (bicyclic) bond motifs is 1. The van der Waals surface area contributed by atoms with Gasteiger partial charge in [0.2, 0.25) is 4.96 Å². The Bertz CT molecular complexity index is 955. The molecule has 106 valence electrons. The zero-order valence-corrected chi connectivity index (χ0v) is 12.4. The Kier molecular flexibility index (Phi) is 3.39. The number of thiazole rings is 1. The molecule has 0 N–H and O–H groups in total. The van der Waals surface area contributed by atoms with Crippen LogP contribution in [0.3, 0.4) is 0 Å². The van der Waals surface area contributed by atoms with Gasteiger partial charge in [0.15, 0.2) is 0 Å². The first-order valence-electron chi connectivity index (χ1n) is 6.55. The van der Waals surface area contributed by atoms with E-state index in [1.165, 1.54) is 5.56 Å². The molecule has 21 heavy (non-hydrogen) atoms. The van der Waals surface area contributed by atoms with Crippen LogP contribution in [0.15, 0.2) is 40.1 Å². The van der Waals surface area contributed by atoms with Gasteiger partial charge in [0.1, 0.15) is 6.20 Å². The van der Waals surface area contributed by atoms with Gasteiger partial charge >= 0.3 is 0 Å². The van der Waals surface area contributed by atoms with Crippen LogP contribution in [0.4, 0.5) is 0 Å². The zero-order chi connectivity index (χ0) is 15.0. The number of hydrogen-bond acceptors (Lipinski definition) is 5. The molecule has 0 bridgehead atoms. The van der Waals surface area contributed by atoms with E-state index in [2.05, 4.69) is 23.9 Å². The summed E-state index contributed by atoms with van der Waals surface area (Å²) in [4.78, 5) is 27.4. The number of nitrogens with zero attached hydrogens (tertiary/aromatic N) is 3. The molecule has 3 aromatic rings. The van der Waals surface area contributed by atoms with E-state index in [9.17, 15) is 9.59 Å². The molecule has 0 amide bonds. The average Bonchev–Trinajstić information content (AvgIpc) is 2.75. The minimum atomic E-state index is -0.441. The molecule has 0 saturated carbocycles. The fourth-order valence-corrected chi connectivity index (χ4v) is 2.92. The lowest BCUT2D eigenvalue weighted by atomic mass is 10.0.